The van der Waals surface area contributed by atoms with E-state index in [0.29, 0.717) is 0 Å². The number of aromatic nitrogens is 2. The summed E-state index contributed by atoms with van der Waals surface area (Å²) in [6.45, 7) is 8.38. The number of halogens is 1. The van der Waals surface area contributed by atoms with Crippen LogP contribution in [0, 0.1) is 0 Å². The van der Waals surface area contributed by atoms with E-state index in [0.717, 1.165) is 35.8 Å². The Morgan fingerprint density at radius 2 is 1.80 bits per heavy atom. The second-order valence-corrected chi connectivity index (χ2v) is 8.01. The van der Waals surface area contributed by atoms with Crippen LogP contribution in [0.25, 0.3) is 16.6 Å². The Kier molecular flexibility index (Phi) is 5.41. The number of rotatable bonds is 5. The molecule has 3 aromatic rings. The van der Waals surface area contributed by atoms with E-state index in [9.17, 15) is 0 Å². The molecule has 0 N–H and O–H groups in total. The largest absolute Gasteiger partial charge is 0.497 e. The summed E-state index contributed by atoms with van der Waals surface area (Å²) in [6, 6.07) is 12.5. The molecule has 5 nitrogen and oxygen atoms in total. The van der Waals surface area contributed by atoms with E-state index in [1.165, 1.54) is 34.1 Å². The Morgan fingerprint density at radius 3 is 2.43 bits per heavy atom. The maximum absolute atomic E-state index is 6.35. The zero-order valence-corrected chi connectivity index (χ0v) is 19.4. The minimum atomic E-state index is 0.764. The average molecular weight is 426 g/mol. The molecule has 2 heterocycles. The van der Waals surface area contributed by atoms with Crippen LogP contribution in [0.15, 0.2) is 42.2 Å². The number of ether oxygens (including phenoxy) is 1. The first kappa shape index (κ1) is 20.6. The summed E-state index contributed by atoms with van der Waals surface area (Å²) < 4.78 is 10.2. The van der Waals surface area contributed by atoms with Crippen molar-refractivity contribution in [2.45, 2.75) is 33.7 Å². The second-order valence-electron chi connectivity index (χ2n) is 7.57. The van der Waals surface area contributed by atoms with Crippen LogP contribution in [0.3, 0.4) is 0 Å². The first-order valence-electron chi connectivity index (χ1n) is 10.6. The molecule has 1 aromatic heterocycles. The standard InChI is InChI=1S/C24H30ClN4O/c1-7-18(23-26(4)19-12-10-16(25)14-21(19)28(23)8-2)24-27(5)20-13-11-17(30-6)15-22(20)29(24)9-3/h10-15H,7-9H2,1-6H3/q+1. The molecule has 158 valence electrons. The van der Waals surface area contributed by atoms with Gasteiger partial charge in [-0.25, -0.2) is 9.13 Å². The van der Waals surface area contributed by atoms with Gasteiger partial charge in [0.1, 0.15) is 11.6 Å². The van der Waals surface area contributed by atoms with Gasteiger partial charge in [0.2, 0.25) is 0 Å². The molecular weight excluding hydrogens is 396 g/mol. The topological polar surface area (TPSA) is 24.5 Å². The normalized spacial score (nSPS) is 15.2. The first-order valence-corrected chi connectivity index (χ1v) is 10.9. The van der Waals surface area contributed by atoms with E-state index in [4.69, 9.17) is 16.3 Å². The van der Waals surface area contributed by atoms with Crippen LogP contribution in [-0.4, -0.2) is 25.3 Å². The second kappa shape index (κ2) is 7.88. The zero-order chi connectivity index (χ0) is 21.6. The van der Waals surface area contributed by atoms with Crippen molar-refractivity contribution in [2.75, 3.05) is 30.5 Å². The Bertz CT molecular complexity index is 1150. The number of anilines is 2. The van der Waals surface area contributed by atoms with Crippen LogP contribution < -0.4 is 19.1 Å². The molecular formula is C24H30ClN4O+. The van der Waals surface area contributed by atoms with Gasteiger partial charge in [-0.15, -0.1) is 0 Å². The van der Waals surface area contributed by atoms with E-state index in [-0.39, 0.29) is 0 Å². The minimum Gasteiger partial charge on any atom is -0.497 e. The van der Waals surface area contributed by atoms with Gasteiger partial charge in [0.05, 0.1) is 37.7 Å². The lowest BCUT2D eigenvalue weighted by atomic mass is 10.1. The molecule has 0 atom stereocenters. The van der Waals surface area contributed by atoms with Crippen LogP contribution in [0.2, 0.25) is 5.02 Å². The van der Waals surface area contributed by atoms with Crippen molar-refractivity contribution in [3.63, 3.8) is 0 Å². The van der Waals surface area contributed by atoms with Crippen molar-refractivity contribution >= 4 is 39.6 Å². The van der Waals surface area contributed by atoms with Gasteiger partial charge < -0.3 is 14.5 Å². The number of fused-ring (bicyclic) bond motifs is 2. The highest BCUT2D eigenvalue weighted by Crippen LogP contribution is 2.45. The van der Waals surface area contributed by atoms with E-state index >= 15 is 0 Å². The fourth-order valence-corrected chi connectivity index (χ4v) is 4.90. The quantitative estimate of drug-likeness (QED) is 0.525. The number of nitrogens with zero attached hydrogens (tertiary/aromatic N) is 4. The third kappa shape index (κ3) is 2.95. The lowest BCUT2D eigenvalue weighted by Crippen LogP contribution is -2.35. The molecule has 6 heteroatoms. The summed E-state index contributed by atoms with van der Waals surface area (Å²) in [6.07, 6.45) is 0.916. The molecule has 0 saturated carbocycles. The Balaban J connectivity index is 2.01. The maximum Gasteiger partial charge on any atom is 0.289 e. The number of hydrogen-bond donors (Lipinski definition) is 0. The molecule has 0 bridgehead atoms. The van der Waals surface area contributed by atoms with Crippen molar-refractivity contribution in [3.8, 4) is 5.75 Å². The van der Waals surface area contributed by atoms with Gasteiger partial charge in [0, 0.05) is 30.7 Å². The molecule has 0 aliphatic carbocycles. The van der Waals surface area contributed by atoms with Crippen molar-refractivity contribution in [1.29, 1.82) is 0 Å². The Morgan fingerprint density at radius 1 is 1.03 bits per heavy atom. The van der Waals surface area contributed by atoms with E-state index in [1.54, 1.807) is 7.11 Å². The van der Waals surface area contributed by atoms with Gasteiger partial charge in [0.15, 0.2) is 11.0 Å². The Hall–Kier alpha value is -2.66. The van der Waals surface area contributed by atoms with Gasteiger partial charge in [-0.3, -0.25) is 0 Å². The van der Waals surface area contributed by atoms with Crippen LogP contribution in [0.4, 0.5) is 11.4 Å². The van der Waals surface area contributed by atoms with E-state index in [1.807, 2.05) is 12.1 Å². The molecule has 2 aromatic carbocycles. The summed E-state index contributed by atoms with van der Waals surface area (Å²) in [5.41, 5.74) is 6.04. The van der Waals surface area contributed by atoms with Gasteiger partial charge >= 0.3 is 0 Å². The molecule has 0 radical (unpaired) electrons. The summed E-state index contributed by atoms with van der Waals surface area (Å²) in [5.74, 6) is 3.32. The van der Waals surface area contributed by atoms with Crippen molar-refractivity contribution in [2.24, 2.45) is 7.05 Å². The van der Waals surface area contributed by atoms with E-state index < -0.39 is 0 Å². The maximum atomic E-state index is 6.35. The van der Waals surface area contributed by atoms with Gasteiger partial charge in [-0.2, -0.15) is 0 Å². The molecule has 0 saturated heterocycles. The molecule has 4 rings (SSSR count). The highest BCUT2D eigenvalue weighted by molar-refractivity contribution is 6.31. The molecule has 1 aliphatic rings. The third-order valence-corrected chi connectivity index (χ3v) is 6.33. The van der Waals surface area contributed by atoms with E-state index in [2.05, 4.69) is 78.1 Å². The first-order chi connectivity index (χ1) is 14.5. The third-order valence-electron chi connectivity index (χ3n) is 6.10. The minimum absolute atomic E-state index is 0.764. The predicted octanol–water partition coefficient (Wildman–Crippen LogP) is 5.20. The number of methoxy groups -OCH3 is 1. The number of aryl methyl sites for hydroxylation is 2. The predicted molar refractivity (Wildman–Crippen MR) is 125 cm³/mol. The zero-order valence-electron chi connectivity index (χ0n) is 18.7. The van der Waals surface area contributed by atoms with Crippen LogP contribution >= 0.6 is 11.6 Å². The summed E-state index contributed by atoms with van der Waals surface area (Å²) in [4.78, 5) is 4.70. The van der Waals surface area contributed by atoms with Gasteiger partial charge in [-0.1, -0.05) is 18.5 Å². The van der Waals surface area contributed by atoms with Crippen LogP contribution in [-0.2, 0) is 13.6 Å². The van der Waals surface area contributed by atoms with Crippen LogP contribution in [0.5, 0.6) is 5.75 Å². The number of hydrogen-bond acceptors (Lipinski definition) is 3. The molecule has 0 fully saturated rings. The van der Waals surface area contributed by atoms with Crippen molar-refractivity contribution in [3.05, 3.63) is 53.1 Å². The molecule has 0 unspecified atom stereocenters. The monoisotopic (exact) mass is 425 g/mol. The molecule has 0 amide bonds. The van der Waals surface area contributed by atoms with Crippen molar-refractivity contribution < 1.29 is 9.30 Å². The molecule has 1 aliphatic heterocycles. The number of imidazole rings is 1. The highest BCUT2D eigenvalue weighted by Gasteiger charge is 2.35. The molecule has 0 spiro atoms. The van der Waals surface area contributed by atoms with Gasteiger partial charge in [-0.05, 0) is 44.5 Å². The average Bonchev–Trinajstić information content (AvgIpc) is 3.19. The number of benzene rings is 2. The summed E-state index contributed by atoms with van der Waals surface area (Å²) in [5, 5.41) is 0.764. The summed E-state index contributed by atoms with van der Waals surface area (Å²) >= 11 is 6.35. The SMILES string of the molecule is CCC(=C1N(C)c2ccc(OC)cc2N1CC)c1n(CC)c2cc(Cl)ccc2[n+]1C. The lowest BCUT2D eigenvalue weighted by Gasteiger charge is -2.24. The van der Waals surface area contributed by atoms with Crippen LogP contribution in [0.1, 0.15) is 33.0 Å². The Labute approximate surface area is 183 Å². The summed E-state index contributed by atoms with van der Waals surface area (Å²) in [7, 11) is 6.02. The highest BCUT2D eigenvalue weighted by atomic mass is 35.5. The fraction of sp³-hybridized carbons (Fsp3) is 0.375. The lowest BCUT2D eigenvalue weighted by molar-refractivity contribution is -0.648. The van der Waals surface area contributed by atoms with Crippen molar-refractivity contribution in [1.82, 2.24) is 4.57 Å². The molecule has 30 heavy (non-hydrogen) atoms. The number of allylic oxidation sites excluding steroid dienone is 1. The van der Waals surface area contributed by atoms with Gasteiger partial charge in [0.25, 0.3) is 5.82 Å². The smallest absolute Gasteiger partial charge is 0.289 e. The fourth-order valence-electron chi connectivity index (χ4n) is 4.73.